The van der Waals surface area contributed by atoms with Crippen LogP contribution in [0, 0.1) is 18.3 Å². The van der Waals surface area contributed by atoms with Crippen molar-refractivity contribution in [3.63, 3.8) is 0 Å². The molecule has 3 aromatic rings. The lowest BCUT2D eigenvalue weighted by atomic mass is 9.98. The van der Waals surface area contributed by atoms with Crippen LogP contribution in [0.4, 0.5) is 13.2 Å². The number of aromatic nitrogens is 1. The molecular weight excluding hydrogens is 507 g/mol. The average molecular weight is 532 g/mol. The molecule has 2 aromatic carbocycles. The van der Waals surface area contributed by atoms with E-state index in [9.17, 15) is 36.4 Å². The van der Waals surface area contributed by atoms with E-state index in [2.05, 4.69) is 5.32 Å². The molecule has 0 aliphatic heterocycles. The molecule has 1 heterocycles. The molecule has 194 valence electrons. The monoisotopic (exact) mass is 531 g/mol. The Morgan fingerprint density at radius 2 is 1.86 bits per heavy atom. The highest BCUT2D eigenvalue weighted by molar-refractivity contribution is 7.91. The van der Waals surface area contributed by atoms with Gasteiger partial charge in [0.15, 0.2) is 9.84 Å². The second-order valence-corrected chi connectivity index (χ2v) is 10.4. The summed E-state index contributed by atoms with van der Waals surface area (Å²) in [6.45, 7) is 3.09. The number of hydrogen-bond donors (Lipinski definition) is 1. The molecule has 1 aromatic heterocycles. The number of sulfone groups is 1. The number of nitrogens with zero attached hydrogens (tertiary/aromatic N) is 2. The van der Waals surface area contributed by atoms with Gasteiger partial charge in [0.1, 0.15) is 5.56 Å². The van der Waals surface area contributed by atoms with Crippen molar-refractivity contribution in [3.05, 3.63) is 86.8 Å². The second-order valence-electron chi connectivity index (χ2n) is 8.37. The third-order valence-corrected chi connectivity index (χ3v) is 7.84. The molecule has 7 nitrogen and oxygen atoms in total. The molecular formula is C26H24F3N3O4S. The summed E-state index contributed by atoms with van der Waals surface area (Å²) in [7, 11) is -2.45. The van der Waals surface area contributed by atoms with Crippen molar-refractivity contribution in [2.24, 2.45) is 0 Å². The number of nitrogens with one attached hydrogen (secondary N) is 1. The summed E-state index contributed by atoms with van der Waals surface area (Å²) in [6.07, 6.45) is -3.05. The normalized spacial score (nSPS) is 11.7. The Bertz CT molecular complexity index is 1570. The van der Waals surface area contributed by atoms with Crippen LogP contribution in [0.5, 0.6) is 0 Å². The van der Waals surface area contributed by atoms with Gasteiger partial charge in [-0.05, 0) is 48.7 Å². The van der Waals surface area contributed by atoms with Gasteiger partial charge in [0.2, 0.25) is 5.43 Å². The summed E-state index contributed by atoms with van der Waals surface area (Å²) in [4.78, 5) is 25.7. The lowest BCUT2D eigenvalue weighted by Crippen LogP contribution is -2.29. The van der Waals surface area contributed by atoms with Gasteiger partial charge in [-0.15, -0.1) is 0 Å². The molecule has 37 heavy (non-hydrogen) atoms. The zero-order valence-corrected chi connectivity index (χ0v) is 21.1. The van der Waals surface area contributed by atoms with Crippen LogP contribution < -0.4 is 10.7 Å². The molecule has 0 saturated heterocycles. The lowest BCUT2D eigenvalue weighted by molar-refractivity contribution is -0.137. The maximum atomic E-state index is 13.4. The van der Waals surface area contributed by atoms with Crippen molar-refractivity contribution < 1.29 is 26.4 Å². The molecule has 0 radical (unpaired) electrons. The summed E-state index contributed by atoms with van der Waals surface area (Å²) >= 11 is 0. The van der Waals surface area contributed by atoms with Gasteiger partial charge in [-0.1, -0.05) is 25.1 Å². The molecule has 3 rings (SSSR count). The molecule has 1 amide bonds. The summed E-state index contributed by atoms with van der Waals surface area (Å²) in [5.74, 6) is -0.901. The van der Waals surface area contributed by atoms with E-state index < -0.39 is 32.9 Å². The van der Waals surface area contributed by atoms with Gasteiger partial charge >= 0.3 is 6.18 Å². The van der Waals surface area contributed by atoms with Gasteiger partial charge in [0.25, 0.3) is 5.91 Å². The first-order valence-corrected chi connectivity index (χ1v) is 12.9. The molecule has 0 bridgehead atoms. The Hall–Kier alpha value is -3.91. The Morgan fingerprint density at radius 1 is 1.16 bits per heavy atom. The van der Waals surface area contributed by atoms with Crippen LogP contribution >= 0.6 is 0 Å². The zero-order chi connectivity index (χ0) is 27.5. The summed E-state index contributed by atoms with van der Waals surface area (Å²) in [6, 6.07) is 10.3. The summed E-state index contributed by atoms with van der Waals surface area (Å²) in [5, 5.41) is 11.6. The topological polar surface area (TPSA) is 109 Å². The van der Waals surface area contributed by atoms with E-state index >= 15 is 0 Å². The summed E-state index contributed by atoms with van der Waals surface area (Å²) in [5.41, 5.74) is -1.49. The molecule has 0 atom stereocenters. The van der Waals surface area contributed by atoms with Gasteiger partial charge in [-0.25, -0.2) is 8.42 Å². The minimum Gasteiger partial charge on any atom is -0.355 e. The number of rotatable bonds is 7. The van der Waals surface area contributed by atoms with E-state index in [1.807, 2.05) is 6.07 Å². The maximum absolute atomic E-state index is 13.4. The first-order chi connectivity index (χ1) is 17.3. The van der Waals surface area contributed by atoms with Gasteiger partial charge in [-0.3, -0.25) is 9.59 Å². The predicted octanol–water partition coefficient (Wildman–Crippen LogP) is 4.31. The van der Waals surface area contributed by atoms with Crippen LogP contribution in [0.25, 0.3) is 11.1 Å². The van der Waals surface area contributed by atoms with E-state index in [-0.39, 0.29) is 45.1 Å². The number of pyridine rings is 1. The molecule has 0 fully saturated rings. The predicted molar refractivity (Wildman–Crippen MR) is 132 cm³/mol. The first kappa shape index (κ1) is 27.7. The van der Waals surface area contributed by atoms with Gasteiger partial charge in [0.05, 0.1) is 27.8 Å². The fourth-order valence-electron chi connectivity index (χ4n) is 4.01. The van der Waals surface area contributed by atoms with E-state index in [1.54, 1.807) is 6.92 Å². The number of benzene rings is 2. The highest BCUT2D eigenvalue weighted by Crippen LogP contribution is 2.32. The molecule has 0 aliphatic carbocycles. The zero-order valence-electron chi connectivity index (χ0n) is 20.3. The number of alkyl halides is 3. The van der Waals surface area contributed by atoms with Crippen molar-refractivity contribution in [3.8, 4) is 17.2 Å². The number of carbonyl (C=O) groups is 1. The van der Waals surface area contributed by atoms with E-state index in [0.29, 0.717) is 12.0 Å². The Morgan fingerprint density at radius 3 is 2.46 bits per heavy atom. The van der Waals surface area contributed by atoms with Crippen LogP contribution in [-0.2, 0) is 22.6 Å². The van der Waals surface area contributed by atoms with Crippen LogP contribution in [0.15, 0.2) is 58.4 Å². The fraction of sp³-hybridized carbons (Fsp3) is 0.269. The van der Waals surface area contributed by atoms with Crippen molar-refractivity contribution in [2.75, 3.05) is 12.8 Å². The Labute approximate surface area is 212 Å². The van der Waals surface area contributed by atoms with Crippen LogP contribution in [0.2, 0.25) is 0 Å². The fourth-order valence-corrected chi connectivity index (χ4v) is 5.61. The van der Waals surface area contributed by atoms with Gasteiger partial charge in [-0.2, -0.15) is 18.4 Å². The van der Waals surface area contributed by atoms with Crippen LogP contribution in [0.1, 0.15) is 46.1 Å². The number of amides is 1. The van der Waals surface area contributed by atoms with Crippen LogP contribution in [-0.4, -0.2) is 31.7 Å². The third kappa shape index (κ3) is 5.75. The third-order valence-electron chi connectivity index (χ3n) is 5.84. The van der Waals surface area contributed by atoms with E-state index in [0.717, 1.165) is 12.1 Å². The lowest BCUT2D eigenvalue weighted by Gasteiger charge is -2.19. The van der Waals surface area contributed by atoms with Gasteiger partial charge < -0.3 is 9.88 Å². The SMILES string of the molecule is CCCS(=O)(=O)c1cc(C#N)ccc1Cn1cc(C(=O)NC)c(=O)c(-c2cccc(C(F)(F)F)c2)c1C. The number of nitriles is 1. The molecule has 0 aliphatic rings. The van der Waals surface area contributed by atoms with E-state index in [4.69, 9.17) is 0 Å². The quantitative estimate of drug-likeness (QED) is 0.489. The van der Waals surface area contributed by atoms with Crippen molar-refractivity contribution in [2.45, 2.75) is 37.9 Å². The molecule has 0 spiro atoms. The minimum absolute atomic E-state index is 0.0320. The average Bonchev–Trinajstić information content (AvgIpc) is 2.85. The van der Waals surface area contributed by atoms with Crippen molar-refractivity contribution >= 4 is 15.7 Å². The standard InChI is InChI=1S/C26H24F3N3O4S/c1-4-10-37(35,36)22-11-17(13-30)8-9-19(22)14-32-15-21(25(34)31-3)24(33)23(16(32)2)18-6-5-7-20(12-18)26(27,28)29/h5-9,11-12,15H,4,10,14H2,1-3H3,(H,31,34). The highest BCUT2D eigenvalue weighted by atomic mass is 32.2. The molecule has 0 saturated carbocycles. The van der Waals surface area contributed by atoms with E-state index in [1.165, 1.54) is 55.1 Å². The highest BCUT2D eigenvalue weighted by Gasteiger charge is 2.31. The second kappa shape index (κ2) is 10.6. The Balaban J connectivity index is 2.30. The minimum atomic E-state index is -4.65. The Kier molecular flexibility index (Phi) is 7.93. The number of hydrogen-bond acceptors (Lipinski definition) is 5. The first-order valence-electron chi connectivity index (χ1n) is 11.2. The molecule has 1 N–H and O–H groups in total. The van der Waals surface area contributed by atoms with Crippen molar-refractivity contribution in [1.82, 2.24) is 9.88 Å². The van der Waals surface area contributed by atoms with Crippen LogP contribution in [0.3, 0.4) is 0 Å². The molecule has 11 heteroatoms. The van der Waals surface area contributed by atoms with Crippen molar-refractivity contribution in [1.29, 1.82) is 5.26 Å². The molecule has 0 unspecified atom stereocenters. The number of halogens is 3. The smallest absolute Gasteiger partial charge is 0.355 e. The number of carbonyl (C=O) groups excluding carboxylic acids is 1. The van der Waals surface area contributed by atoms with Gasteiger partial charge in [0, 0.05) is 31.0 Å². The largest absolute Gasteiger partial charge is 0.416 e. The maximum Gasteiger partial charge on any atom is 0.416 e. The summed E-state index contributed by atoms with van der Waals surface area (Å²) < 4.78 is 67.5.